The molecule has 3 aromatic rings. The molecule has 0 radical (unpaired) electrons. The Hall–Kier alpha value is -3.48. The molecule has 7 heteroatoms. The minimum atomic E-state index is -0.303. The molecule has 148 valence electrons. The summed E-state index contributed by atoms with van der Waals surface area (Å²) in [7, 11) is 1.57. The number of nitrogens with zero attached hydrogens (tertiary/aromatic N) is 2. The molecule has 1 aliphatic heterocycles. The maximum absolute atomic E-state index is 13.1. The summed E-state index contributed by atoms with van der Waals surface area (Å²) in [6.07, 6.45) is 0.925. The van der Waals surface area contributed by atoms with E-state index in [1.54, 1.807) is 48.4 Å². The van der Waals surface area contributed by atoms with Crippen molar-refractivity contribution in [1.29, 1.82) is 0 Å². The molecule has 1 aromatic heterocycles. The zero-order chi connectivity index (χ0) is 20.4. The summed E-state index contributed by atoms with van der Waals surface area (Å²) >= 11 is 0. The van der Waals surface area contributed by atoms with E-state index in [1.807, 2.05) is 0 Å². The van der Waals surface area contributed by atoms with Crippen LogP contribution in [0.2, 0.25) is 0 Å². The third-order valence-corrected chi connectivity index (χ3v) is 5.03. The van der Waals surface area contributed by atoms with Crippen molar-refractivity contribution < 1.29 is 13.9 Å². The van der Waals surface area contributed by atoms with Crippen LogP contribution in [0, 0.1) is 5.82 Å². The van der Waals surface area contributed by atoms with Gasteiger partial charge in [0, 0.05) is 24.9 Å². The zero-order valence-electron chi connectivity index (χ0n) is 15.9. The Morgan fingerprint density at radius 2 is 1.90 bits per heavy atom. The Labute approximate surface area is 167 Å². The lowest BCUT2D eigenvalue weighted by Crippen LogP contribution is -2.39. The molecule has 1 aliphatic rings. The van der Waals surface area contributed by atoms with Crippen LogP contribution in [0.25, 0.3) is 0 Å². The van der Waals surface area contributed by atoms with Crippen LogP contribution in [0.4, 0.5) is 4.39 Å². The van der Waals surface area contributed by atoms with E-state index in [0.29, 0.717) is 47.8 Å². The van der Waals surface area contributed by atoms with E-state index < -0.39 is 0 Å². The molecule has 1 N–H and O–H groups in total. The number of halogens is 1. The van der Waals surface area contributed by atoms with Gasteiger partial charge in [-0.25, -0.2) is 9.37 Å². The van der Waals surface area contributed by atoms with Crippen LogP contribution in [0.3, 0.4) is 0 Å². The molecule has 6 nitrogen and oxygen atoms in total. The van der Waals surface area contributed by atoms with Crippen LogP contribution in [0.1, 0.15) is 33.0 Å². The molecule has 0 atom stereocenters. The fourth-order valence-electron chi connectivity index (χ4n) is 3.45. The lowest BCUT2D eigenvalue weighted by Gasteiger charge is -2.28. The van der Waals surface area contributed by atoms with E-state index in [0.717, 1.165) is 5.56 Å². The summed E-state index contributed by atoms with van der Waals surface area (Å²) < 4.78 is 18.2. The first-order valence-corrected chi connectivity index (χ1v) is 9.32. The van der Waals surface area contributed by atoms with Gasteiger partial charge in [-0.15, -0.1) is 0 Å². The number of methoxy groups -OCH3 is 1. The van der Waals surface area contributed by atoms with E-state index in [-0.39, 0.29) is 23.8 Å². The highest BCUT2D eigenvalue weighted by Gasteiger charge is 2.25. The van der Waals surface area contributed by atoms with Gasteiger partial charge in [0.2, 0.25) is 0 Å². The summed E-state index contributed by atoms with van der Waals surface area (Å²) in [6.45, 7) is 0.712. The molecule has 0 saturated carbocycles. The van der Waals surface area contributed by atoms with Gasteiger partial charge in [0.1, 0.15) is 17.4 Å². The van der Waals surface area contributed by atoms with Gasteiger partial charge in [-0.1, -0.05) is 12.1 Å². The van der Waals surface area contributed by atoms with Crippen molar-refractivity contribution in [2.75, 3.05) is 13.7 Å². The van der Waals surface area contributed by atoms with E-state index in [2.05, 4.69) is 9.97 Å². The number of hydrogen-bond acceptors (Lipinski definition) is 4. The van der Waals surface area contributed by atoms with Gasteiger partial charge in [-0.3, -0.25) is 9.59 Å². The van der Waals surface area contributed by atoms with Crippen LogP contribution in [0.15, 0.2) is 53.3 Å². The maximum Gasteiger partial charge on any atom is 0.256 e. The van der Waals surface area contributed by atoms with Gasteiger partial charge in [0.15, 0.2) is 0 Å². The summed E-state index contributed by atoms with van der Waals surface area (Å²) in [5.41, 5.74) is 2.40. The SMILES string of the molecule is COc1ccc(C(=O)N2CCc3nc(Cc4ccc(F)cc4)[nH]c(=O)c3C2)cc1. The average Bonchev–Trinajstić information content (AvgIpc) is 2.75. The lowest BCUT2D eigenvalue weighted by molar-refractivity contribution is 0.0732. The Bertz CT molecular complexity index is 1090. The molecule has 0 bridgehead atoms. The minimum absolute atomic E-state index is 0.131. The molecule has 2 aromatic carbocycles. The molecule has 4 rings (SSSR count). The Morgan fingerprint density at radius 1 is 1.17 bits per heavy atom. The lowest BCUT2D eigenvalue weighted by atomic mass is 10.0. The van der Waals surface area contributed by atoms with Gasteiger partial charge in [0.25, 0.3) is 11.5 Å². The minimum Gasteiger partial charge on any atom is -0.497 e. The van der Waals surface area contributed by atoms with E-state index >= 15 is 0 Å². The number of nitrogens with one attached hydrogen (secondary N) is 1. The van der Waals surface area contributed by atoms with Crippen molar-refractivity contribution in [3.8, 4) is 5.75 Å². The van der Waals surface area contributed by atoms with Crippen LogP contribution in [0.5, 0.6) is 5.75 Å². The number of hydrogen-bond donors (Lipinski definition) is 1. The highest BCUT2D eigenvalue weighted by atomic mass is 19.1. The molecular weight excluding hydrogens is 373 g/mol. The van der Waals surface area contributed by atoms with E-state index in [9.17, 15) is 14.0 Å². The summed E-state index contributed by atoms with van der Waals surface area (Å²) in [6, 6.07) is 13.0. The number of aromatic nitrogens is 2. The quantitative estimate of drug-likeness (QED) is 0.740. The average molecular weight is 393 g/mol. The normalized spacial score (nSPS) is 13.1. The number of rotatable bonds is 4. The highest BCUT2D eigenvalue weighted by molar-refractivity contribution is 5.94. The number of carbonyl (C=O) groups is 1. The first-order chi connectivity index (χ1) is 14.0. The fraction of sp³-hybridized carbons (Fsp3) is 0.227. The molecule has 2 heterocycles. The number of aromatic amines is 1. The second-order valence-electron chi connectivity index (χ2n) is 6.95. The van der Waals surface area contributed by atoms with Crippen molar-refractivity contribution in [3.05, 3.63) is 92.9 Å². The number of fused-ring (bicyclic) bond motifs is 1. The van der Waals surface area contributed by atoms with E-state index in [4.69, 9.17) is 4.74 Å². The number of ether oxygens (including phenoxy) is 1. The van der Waals surface area contributed by atoms with Crippen LogP contribution >= 0.6 is 0 Å². The van der Waals surface area contributed by atoms with Crippen molar-refractivity contribution in [2.45, 2.75) is 19.4 Å². The monoisotopic (exact) mass is 393 g/mol. The van der Waals surface area contributed by atoms with Gasteiger partial charge >= 0.3 is 0 Å². The first-order valence-electron chi connectivity index (χ1n) is 9.32. The molecule has 0 fully saturated rings. The summed E-state index contributed by atoms with van der Waals surface area (Å²) in [5, 5.41) is 0. The molecule has 0 spiro atoms. The van der Waals surface area contributed by atoms with Crippen molar-refractivity contribution >= 4 is 5.91 Å². The Kier molecular flexibility index (Phi) is 5.12. The van der Waals surface area contributed by atoms with Gasteiger partial charge < -0.3 is 14.6 Å². The predicted octanol–water partition coefficient (Wildman–Crippen LogP) is 2.71. The number of carbonyl (C=O) groups excluding carboxylic acids is 1. The van der Waals surface area contributed by atoms with Crippen molar-refractivity contribution in [2.24, 2.45) is 0 Å². The van der Waals surface area contributed by atoms with Gasteiger partial charge in [-0.05, 0) is 42.0 Å². The molecule has 1 amide bonds. The van der Waals surface area contributed by atoms with Crippen LogP contribution in [-0.2, 0) is 19.4 Å². The summed E-state index contributed by atoms with van der Waals surface area (Å²) in [4.78, 5) is 34.4. The standard InChI is InChI=1S/C22H20FN3O3/c1-29-17-8-4-15(5-9-17)22(28)26-11-10-19-18(13-26)21(27)25-20(24-19)12-14-2-6-16(23)7-3-14/h2-9H,10-13H2,1H3,(H,24,25,27). The highest BCUT2D eigenvalue weighted by Crippen LogP contribution is 2.19. The molecule has 0 unspecified atom stereocenters. The van der Waals surface area contributed by atoms with E-state index in [1.165, 1.54) is 12.1 Å². The summed E-state index contributed by atoms with van der Waals surface area (Å²) in [5.74, 6) is 0.783. The Morgan fingerprint density at radius 3 is 2.59 bits per heavy atom. The number of benzene rings is 2. The molecule has 0 saturated heterocycles. The van der Waals surface area contributed by atoms with Crippen molar-refractivity contribution in [3.63, 3.8) is 0 Å². The molecular formula is C22H20FN3O3. The molecule has 0 aliphatic carbocycles. The van der Waals surface area contributed by atoms with Crippen molar-refractivity contribution in [1.82, 2.24) is 14.9 Å². The second kappa shape index (κ2) is 7.87. The number of H-pyrrole nitrogens is 1. The smallest absolute Gasteiger partial charge is 0.256 e. The second-order valence-corrected chi connectivity index (χ2v) is 6.95. The van der Waals surface area contributed by atoms with Gasteiger partial charge in [-0.2, -0.15) is 0 Å². The third kappa shape index (κ3) is 4.03. The fourth-order valence-corrected chi connectivity index (χ4v) is 3.45. The predicted molar refractivity (Wildman–Crippen MR) is 106 cm³/mol. The number of amides is 1. The van der Waals surface area contributed by atoms with Crippen LogP contribution < -0.4 is 10.3 Å². The van der Waals surface area contributed by atoms with Gasteiger partial charge in [0.05, 0.1) is 24.9 Å². The zero-order valence-corrected chi connectivity index (χ0v) is 15.9. The third-order valence-electron chi connectivity index (χ3n) is 5.03. The maximum atomic E-state index is 13.1. The largest absolute Gasteiger partial charge is 0.497 e. The Balaban J connectivity index is 1.52. The molecule has 29 heavy (non-hydrogen) atoms. The van der Waals surface area contributed by atoms with Crippen LogP contribution in [-0.4, -0.2) is 34.4 Å². The topological polar surface area (TPSA) is 75.3 Å². The first kappa shape index (κ1) is 18.9.